The Balaban J connectivity index is 1.99. The molecule has 2 N–H and O–H groups in total. The summed E-state index contributed by atoms with van der Waals surface area (Å²) in [6.45, 7) is 4.50. The molecule has 2 atom stereocenters. The van der Waals surface area contributed by atoms with Crippen molar-refractivity contribution < 1.29 is 23.1 Å². The second-order valence-electron chi connectivity index (χ2n) is 9.22. The van der Waals surface area contributed by atoms with E-state index in [0.717, 1.165) is 40.8 Å². The molecule has 0 fully saturated rings. The third-order valence-corrected chi connectivity index (χ3v) is 6.09. The number of fused-ring (bicyclic) bond motifs is 3. The molecular formula is C25H24BF3N2O2. The number of carboxylic acids is 1. The average molecular weight is 452 g/mol. The fourth-order valence-electron chi connectivity index (χ4n) is 4.81. The molecule has 0 spiro atoms. The third kappa shape index (κ3) is 4.08. The van der Waals surface area contributed by atoms with Crippen LogP contribution in [-0.4, -0.2) is 47.1 Å². The standard InChI is InChI=1S/C25H24BF3N2O2/c1-14-10-17-16-6-4-5-7-20(16)30-23(17)25(26,31(14)13-24(2,3)29)22-18(27)11-15(12-19(22)28)8-9-21(32)33/h4-9,11-12,14,30H,10,13H2,1-3H3,(H,32,33)/b9-8+/t14-,25-/m1/s1. The zero-order valence-electron chi connectivity index (χ0n) is 18.6. The first-order valence-electron chi connectivity index (χ1n) is 10.7. The Hall–Kier alpha value is -3.00. The van der Waals surface area contributed by atoms with Crippen LogP contribution in [0.2, 0.25) is 0 Å². The van der Waals surface area contributed by atoms with E-state index in [0.29, 0.717) is 12.1 Å². The summed E-state index contributed by atoms with van der Waals surface area (Å²) in [5.74, 6) is -3.12. The summed E-state index contributed by atoms with van der Waals surface area (Å²) in [4.78, 5) is 15.6. The van der Waals surface area contributed by atoms with E-state index in [1.54, 1.807) is 4.90 Å². The number of nitrogens with one attached hydrogen (secondary N) is 1. The van der Waals surface area contributed by atoms with Gasteiger partial charge in [-0.3, -0.25) is 4.90 Å². The Bertz CT molecular complexity index is 1240. The lowest BCUT2D eigenvalue weighted by Crippen LogP contribution is -2.59. The summed E-state index contributed by atoms with van der Waals surface area (Å²) in [7, 11) is 6.91. The zero-order chi connectivity index (χ0) is 24.1. The summed E-state index contributed by atoms with van der Waals surface area (Å²) in [5, 5.41) is 9.72. The van der Waals surface area contributed by atoms with Crippen LogP contribution in [0.4, 0.5) is 13.2 Å². The molecule has 4 rings (SSSR count). The van der Waals surface area contributed by atoms with Gasteiger partial charge in [0.15, 0.2) is 0 Å². The quantitative estimate of drug-likeness (QED) is 0.428. The molecule has 170 valence electrons. The molecule has 2 heterocycles. The van der Waals surface area contributed by atoms with E-state index < -0.39 is 34.3 Å². The number of alkyl halides is 1. The molecule has 0 saturated heterocycles. The van der Waals surface area contributed by atoms with Crippen molar-refractivity contribution >= 4 is 30.8 Å². The second kappa shape index (κ2) is 8.10. The lowest BCUT2D eigenvalue weighted by Gasteiger charge is -2.51. The number of H-pyrrole nitrogens is 1. The van der Waals surface area contributed by atoms with Crippen molar-refractivity contribution in [3.63, 3.8) is 0 Å². The van der Waals surface area contributed by atoms with Crippen LogP contribution in [0.3, 0.4) is 0 Å². The second-order valence-corrected chi connectivity index (χ2v) is 9.22. The number of benzene rings is 2. The number of rotatable bonds is 5. The van der Waals surface area contributed by atoms with Crippen LogP contribution in [0, 0.1) is 11.6 Å². The van der Waals surface area contributed by atoms with Gasteiger partial charge in [0.2, 0.25) is 0 Å². The van der Waals surface area contributed by atoms with Crippen molar-refractivity contribution in [2.45, 2.75) is 44.3 Å². The molecule has 8 heteroatoms. The maximum Gasteiger partial charge on any atom is 0.328 e. The minimum Gasteiger partial charge on any atom is -0.478 e. The third-order valence-electron chi connectivity index (χ3n) is 6.09. The van der Waals surface area contributed by atoms with Gasteiger partial charge in [0.25, 0.3) is 0 Å². The highest BCUT2D eigenvalue weighted by molar-refractivity contribution is 6.18. The largest absolute Gasteiger partial charge is 0.478 e. The van der Waals surface area contributed by atoms with Crippen molar-refractivity contribution in [1.29, 1.82) is 0 Å². The Labute approximate surface area is 191 Å². The van der Waals surface area contributed by atoms with E-state index >= 15 is 8.78 Å². The first-order valence-corrected chi connectivity index (χ1v) is 10.7. The molecule has 2 aromatic carbocycles. The highest BCUT2D eigenvalue weighted by atomic mass is 19.1. The molecule has 3 aromatic rings. The van der Waals surface area contributed by atoms with Crippen LogP contribution in [-0.2, 0) is 16.7 Å². The van der Waals surface area contributed by atoms with E-state index in [4.69, 9.17) is 13.0 Å². The number of para-hydroxylation sites is 1. The summed E-state index contributed by atoms with van der Waals surface area (Å²) in [6, 6.07) is 9.25. The van der Waals surface area contributed by atoms with Crippen molar-refractivity contribution in [3.05, 3.63) is 76.5 Å². The molecule has 0 bridgehead atoms. The normalized spacial score (nSPS) is 21.6. The highest BCUT2D eigenvalue weighted by Gasteiger charge is 2.48. The molecule has 1 aliphatic rings. The Kier molecular flexibility index (Phi) is 5.69. The predicted octanol–water partition coefficient (Wildman–Crippen LogP) is 4.91. The number of carboxylic acid groups (broad SMARTS) is 1. The van der Waals surface area contributed by atoms with Gasteiger partial charge in [-0.25, -0.2) is 18.0 Å². The number of nitrogens with zero attached hydrogens (tertiary/aromatic N) is 1. The Morgan fingerprint density at radius 3 is 2.55 bits per heavy atom. The monoisotopic (exact) mass is 452 g/mol. The highest BCUT2D eigenvalue weighted by Crippen LogP contribution is 2.46. The van der Waals surface area contributed by atoms with E-state index in [9.17, 15) is 9.18 Å². The molecule has 0 amide bonds. The maximum atomic E-state index is 15.5. The first-order chi connectivity index (χ1) is 15.4. The fourth-order valence-corrected chi connectivity index (χ4v) is 4.81. The van der Waals surface area contributed by atoms with E-state index in [1.165, 1.54) is 13.8 Å². The number of aromatic nitrogens is 1. The van der Waals surface area contributed by atoms with Gasteiger partial charge < -0.3 is 10.1 Å². The maximum absolute atomic E-state index is 15.5. The first kappa shape index (κ1) is 23.2. The Morgan fingerprint density at radius 1 is 1.30 bits per heavy atom. The van der Waals surface area contributed by atoms with Crippen LogP contribution in [0.15, 0.2) is 42.5 Å². The van der Waals surface area contributed by atoms with E-state index in [1.807, 2.05) is 31.2 Å². The summed E-state index contributed by atoms with van der Waals surface area (Å²) in [6.07, 6.45) is 2.42. The van der Waals surface area contributed by atoms with Crippen LogP contribution in [0.5, 0.6) is 0 Å². The average Bonchev–Trinajstić information content (AvgIpc) is 3.08. The van der Waals surface area contributed by atoms with Crippen LogP contribution in [0.25, 0.3) is 17.0 Å². The minimum absolute atomic E-state index is 0.0397. The number of aliphatic carboxylic acids is 1. The number of carbonyl (C=O) groups is 1. The SMILES string of the molecule is [B][C@@]1(c2c(F)cc(/C=C/C(=O)O)cc2F)c2[nH]c3ccccc3c2C[C@@H](C)N1CC(C)(C)F. The molecule has 1 aliphatic heterocycles. The van der Waals surface area contributed by atoms with Crippen molar-refractivity contribution in [2.75, 3.05) is 6.54 Å². The van der Waals surface area contributed by atoms with Crippen molar-refractivity contribution in [1.82, 2.24) is 9.88 Å². The summed E-state index contributed by atoms with van der Waals surface area (Å²) >= 11 is 0. The van der Waals surface area contributed by atoms with E-state index in [-0.39, 0.29) is 18.2 Å². The number of hydrogen-bond donors (Lipinski definition) is 2. The van der Waals surface area contributed by atoms with E-state index in [2.05, 4.69) is 4.98 Å². The van der Waals surface area contributed by atoms with Gasteiger partial charge in [-0.1, -0.05) is 18.2 Å². The molecular weight excluding hydrogens is 428 g/mol. The lowest BCUT2D eigenvalue weighted by molar-refractivity contribution is -0.131. The van der Waals surface area contributed by atoms with Gasteiger partial charge in [-0.05, 0) is 62.6 Å². The van der Waals surface area contributed by atoms with Gasteiger partial charge in [0.1, 0.15) is 25.1 Å². The van der Waals surface area contributed by atoms with Crippen molar-refractivity contribution in [2.24, 2.45) is 0 Å². The molecule has 0 unspecified atom stereocenters. The molecule has 1 aromatic heterocycles. The number of halogens is 3. The fraction of sp³-hybridized carbons (Fsp3) is 0.320. The van der Waals surface area contributed by atoms with Crippen LogP contribution >= 0.6 is 0 Å². The predicted molar refractivity (Wildman–Crippen MR) is 123 cm³/mol. The smallest absolute Gasteiger partial charge is 0.328 e. The molecule has 33 heavy (non-hydrogen) atoms. The summed E-state index contributed by atoms with van der Waals surface area (Å²) < 4.78 is 45.9. The molecule has 0 aliphatic carbocycles. The summed E-state index contributed by atoms with van der Waals surface area (Å²) in [5.41, 5.74) is -1.86. The van der Waals surface area contributed by atoms with Gasteiger partial charge in [-0.2, -0.15) is 0 Å². The van der Waals surface area contributed by atoms with Gasteiger partial charge in [-0.15, -0.1) is 0 Å². The van der Waals surface area contributed by atoms with Crippen LogP contribution in [0.1, 0.15) is 43.2 Å². The number of hydrogen-bond acceptors (Lipinski definition) is 2. The lowest BCUT2D eigenvalue weighted by atomic mass is 9.63. The Morgan fingerprint density at radius 2 is 1.94 bits per heavy atom. The topological polar surface area (TPSA) is 56.3 Å². The van der Waals surface area contributed by atoms with Crippen molar-refractivity contribution in [3.8, 4) is 0 Å². The molecule has 4 nitrogen and oxygen atoms in total. The molecule has 2 radical (unpaired) electrons. The van der Waals surface area contributed by atoms with Crippen LogP contribution < -0.4 is 0 Å². The zero-order valence-corrected chi connectivity index (χ0v) is 18.6. The molecule has 0 saturated carbocycles. The van der Waals surface area contributed by atoms with Gasteiger partial charge >= 0.3 is 5.97 Å². The number of aromatic amines is 1. The minimum atomic E-state index is -1.82. The van der Waals surface area contributed by atoms with Gasteiger partial charge in [0.05, 0.1) is 5.44 Å². The van der Waals surface area contributed by atoms with Gasteiger partial charge in [0, 0.05) is 40.8 Å².